The normalized spacial score (nSPS) is 15.5. The molecule has 2 aromatic carbocycles. The van der Waals surface area contributed by atoms with Crippen LogP contribution in [-0.2, 0) is 0 Å². The fraction of sp³-hybridized carbons (Fsp3) is 0.286. The van der Waals surface area contributed by atoms with Crippen molar-refractivity contribution < 1.29 is 4.79 Å². The Labute approximate surface area is 173 Å². The Morgan fingerprint density at radius 1 is 1.11 bits per heavy atom. The van der Waals surface area contributed by atoms with E-state index < -0.39 is 0 Å². The van der Waals surface area contributed by atoms with Crippen molar-refractivity contribution in [2.45, 2.75) is 17.5 Å². The van der Waals surface area contributed by atoms with Crippen LogP contribution in [0.15, 0.2) is 61.2 Å². The molecule has 1 aromatic heterocycles. The third-order valence-electron chi connectivity index (χ3n) is 5.01. The van der Waals surface area contributed by atoms with Crippen molar-refractivity contribution >= 4 is 29.4 Å². The van der Waals surface area contributed by atoms with Gasteiger partial charge in [0.1, 0.15) is 12.7 Å². The quantitative estimate of drug-likeness (QED) is 0.616. The highest BCUT2D eigenvalue weighted by molar-refractivity contribution is 8.19. The molecule has 4 rings (SSSR count). The summed E-state index contributed by atoms with van der Waals surface area (Å²) in [6, 6.07) is 16.1. The zero-order valence-electron chi connectivity index (χ0n) is 15.9. The summed E-state index contributed by atoms with van der Waals surface area (Å²) in [6.07, 6.45) is 3.18. The van der Waals surface area contributed by atoms with Gasteiger partial charge in [-0.05, 0) is 42.3 Å². The first-order valence-corrected chi connectivity index (χ1v) is 11.3. The molecule has 1 fully saturated rings. The summed E-state index contributed by atoms with van der Waals surface area (Å²) in [5, 5.41) is 4.14. The summed E-state index contributed by atoms with van der Waals surface area (Å²) < 4.78 is 2.22. The first-order chi connectivity index (χ1) is 13.6. The second-order valence-electron chi connectivity index (χ2n) is 6.72. The van der Waals surface area contributed by atoms with E-state index in [-0.39, 0.29) is 11.9 Å². The Balaban J connectivity index is 1.45. The molecule has 0 radical (unpaired) electrons. The topological polar surface area (TPSA) is 51.0 Å². The highest BCUT2D eigenvalue weighted by Crippen LogP contribution is 2.45. The van der Waals surface area contributed by atoms with Crippen molar-refractivity contribution in [3.05, 3.63) is 77.9 Å². The van der Waals surface area contributed by atoms with Gasteiger partial charge >= 0.3 is 0 Å². The molecular formula is C21H22N4OS2. The molecule has 1 atom stereocenters. The maximum Gasteiger partial charge on any atom is 0.254 e. The van der Waals surface area contributed by atoms with E-state index in [1.54, 1.807) is 15.9 Å². The molecule has 1 aliphatic heterocycles. The maximum atomic E-state index is 12.9. The third kappa shape index (κ3) is 3.95. The Bertz CT molecular complexity index is 920. The minimum atomic E-state index is -0.0297. The van der Waals surface area contributed by atoms with E-state index in [0.717, 1.165) is 16.8 Å². The molecule has 2 heterocycles. The minimum absolute atomic E-state index is 0.0297. The largest absolute Gasteiger partial charge is 0.335 e. The Hall–Kier alpha value is -2.25. The molecule has 1 saturated heterocycles. The van der Waals surface area contributed by atoms with Crippen LogP contribution in [0.3, 0.4) is 0 Å². The molecule has 0 unspecified atom stereocenters. The van der Waals surface area contributed by atoms with E-state index in [0.29, 0.717) is 4.58 Å². The highest BCUT2D eigenvalue weighted by Gasteiger charge is 2.21. The molecule has 0 bridgehead atoms. The van der Waals surface area contributed by atoms with Crippen LogP contribution in [-0.4, -0.2) is 44.1 Å². The van der Waals surface area contributed by atoms with Crippen LogP contribution in [0, 0.1) is 0 Å². The molecule has 0 spiro atoms. The maximum absolute atomic E-state index is 12.9. The van der Waals surface area contributed by atoms with E-state index in [1.807, 2.05) is 73.9 Å². The molecule has 1 amide bonds. The average Bonchev–Trinajstić information content (AvgIpc) is 3.47. The molecule has 5 nitrogen and oxygen atoms in total. The number of hydrogen-bond donors (Lipinski definition) is 0. The first kappa shape index (κ1) is 19.1. The predicted molar refractivity (Wildman–Crippen MR) is 116 cm³/mol. The van der Waals surface area contributed by atoms with E-state index in [9.17, 15) is 4.79 Å². The lowest BCUT2D eigenvalue weighted by Gasteiger charge is -2.26. The summed E-state index contributed by atoms with van der Waals surface area (Å²) in [4.78, 5) is 18.7. The molecule has 7 heteroatoms. The lowest BCUT2D eigenvalue weighted by molar-refractivity contribution is 0.0742. The Morgan fingerprint density at radius 2 is 1.79 bits per heavy atom. The van der Waals surface area contributed by atoms with E-state index in [2.05, 4.69) is 22.2 Å². The van der Waals surface area contributed by atoms with E-state index in [1.165, 1.54) is 23.4 Å². The summed E-state index contributed by atoms with van der Waals surface area (Å²) >= 11 is 3.95. The number of aromatic nitrogens is 3. The Morgan fingerprint density at radius 3 is 2.39 bits per heavy atom. The fourth-order valence-electron chi connectivity index (χ4n) is 3.18. The highest BCUT2D eigenvalue weighted by atomic mass is 32.2. The van der Waals surface area contributed by atoms with E-state index in [4.69, 9.17) is 0 Å². The van der Waals surface area contributed by atoms with Gasteiger partial charge in [-0.15, -0.1) is 23.5 Å². The van der Waals surface area contributed by atoms with Gasteiger partial charge in [0, 0.05) is 24.1 Å². The molecule has 0 saturated carbocycles. The van der Waals surface area contributed by atoms with Crippen molar-refractivity contribution in [1.82, 2.24) is 19.7 Å². The van der Waals surface area contributed by atoms with Gasteiger partial charge in [0.25, 0.3) is 5.91 Å². The van der Waals surface area contributed by atoms with Crippen LogP contribution in [0.25, 0.3) is 5.69 Å². The van der Waals surface area contributed by atoms with E-state index >= 15 is 0 Å². The van der Waals surface area contributed by atoms with Gasteiger partial charge in [-0.2, -0.15) is 5.10 Å². The van der Waals surface area contributed by atoms with Crippen LogP contribution in [0.2, 0.25) is 0 Å². The van der Waals surface area contributed by atoms with Gasteiger partial charge in [0.2, 0.25) is 0 Å². The molecular weight excluding hydrogens is 388 g/mol. The number of carbonyl (C=O) groups excluding carboxylic acids is 1. The van der Waals surface area contributed by atoms with Gasteiger partial charge in [-0.3, -0.25) is 4.79 Å². The van der Waals surface area contributed by atoms with Gasteiger partial charge in [0.05, 0.1) is 16.3 Å². The second kappa shape index (κ2) is 8.41. The zero-order valence-corrected chi connectivity index (χ0v) is 17.5. The summed E-state index contributed by atoms with van der Waals surface area (Å²) in [7, 11) is 1.86. The molecule has 0 aliphatic carbocycles. The number of rotatable bonds is 5. The lowest BCUT2D eigenvalue weighted by atomic mass is 10.1. The first-order valence-electron chi connectivity index (χ1n) is 9.19. The minimum Gasteiger partial charge on any atom is -0.335 e. The van der Waals surface area contributed by atoms with Crippen molar-refractivity contribution in [3.8, 4) is 5.69 Å². The number of benzene rings is 2. The fourth-order valence-corrected chi connectivity index (χ4v) is 6.04. The second-order valence-corrected chi connectivity index (χ2v) is 9.44. The monoisotopic (exact) mass is 410 g/mol. The Kier molecular flexibility index (Phi) is 5.73. The molecule has 3 aromatic rings. The van der Waals surface area contributed by atoms with Crippen molar-refractivity contribution in [2.24, 2.45) is 0 Å². The van der Waals surface area contributed by atoms with Gasteiger partial charge < -0.3 is 4.90 Å². The summed E-state index contributed by atoms with van der Waals surface area (Å²) in [5.41, 5.74) is 4.05. The predicted octanol–water partition coefficient (Wildman–Crippen LogP) is 4.58. The van der Waals surface area contributed by atoms with Crippen molar-refractivity contribution in [2.75, 3.05) is 18.6 Å². The van der Waals surface area contributed by atoms with Crippen LogP contribution in [0.5, 0.6) is 0 Å². The number of carbonyl (C=O) groups is 1. The number of nitrogens with zero attached hydrogens (tertiary/aromatic N) is 4. The molecule has 1 aliphatic rings. The molecule has 0 N–H and O–H groups in total. The molecule has 144 valence electrons. The van der Waals surface area contributed by atoms with Crippen LogP contribution in [0.1, 0.15) is 39.0 Å². The van der Waals surface area contributed by atoms with Gasteiger partial charge in [0.15, 0.2) is 0 Å². The smallest absolute Gasteiger partial charge is 0.254 e. The van der Waals surface area contributed by atoms with Crippen LogP contribution < -0.4 is 0 Å². The standard InChI is InChI=1S/C21H22N4OS2/c1-15(16-7-9-19(10-8-16)25-14-22-13-23-25)24(2)20(26)17-3-5-18(6-4-17)21-27-11-12-28-21/h3-10,13-15,21H,11-12H2,1-2H3/t15-/m0/s1. The number of amides is 1. The van der Waals surface area contributed by atoms with Crippen molar-refractivity contribution in [1.29, 1.82) is 0 Å². The van der Waals surface area contributed by atoms with Gasteiger partial charge in [-0.25, -0.2) is 9.67 Å². The lowest BCUT2D eigenvalue weighted by Crippen LogP contribution is -2.29. The SMILES string of the molecule is C[C@@H](c1ccc(-n2cncn2)cc1)N(C)C(=O)c1ccc(C2SCCS2)cc1. The van der Waals surface area contributed by atoms with Crippen molar-refractivity contribution in [3.63, 3.8) is 0 Å². The molecule has 28 heavy (non-hydrogen) atoms. The summed E-state index contributed by atoms with van der Waals surface area (Å²) in [5.74, 6) is 2.43. The number of thioether (sulfide) groups is 2. The van der Waals surface area contributed by atoms with Crippen LogP contribution >= 0.6 is 23.5 Å². The van der Waals surface area contributed by atoms with Gasteiger partial charge in [-0.1, -0.05) is 24.3 Å². The zero-order chi connectivity index (χ0) is 19.5. The third-order valence-corrected chi connectivity index (χ3v) is 8.12. The average molecular weight is 411 g/mol. The number of hydrogen-bond acceptors (Lipinski definition) is 5. The van der Waals surface area contributed by atoms with Crippen LogP contribution in [0.4, 0.5) is 0 Å². The summed E-state index contributed by atoms with van der Waals surface area (Å²) in [6.45, 7) is 2.04.